The number of rotatable bonds is 18. The number of carboxylic acids is 2. The number of ether oxygens (including phenoxy) is 4. The maximum atomic E-state index is 14.3. The van der Waals surface area contributed by atoms with Crippen molar-refractivity contribution in [2.45, 2.75) is 13.1 Å². The first kappa shape index (κ1) is 37.5. The second-order valence-corrected chi connectivity index (χ2v) is 12.4. The van der Waals surface area contributed by atoms with E-state index in [9.17, 15) is 29.4 Å². The lowest BCUT2D eigenvalue weighted by Gasteiger charge is -2.48. The minimum Gasteiger partial charge on any atom is -0.481 e. The maximum Gasteiger partial charge on any atom is 0.308 e. The highest BCUT2D eigenvalue weighted by atomic mass is 16.5. The van der Waals surface area contributed by atoms with Crippen LogP contribution in [-0.2, 0) is 41.7 Å². The minimum absolute atomic E-state index is 0.0695. The second-order valence-electron chi connectivity index (χ2n) is 12.4. The van der Waals surface area contributed by atoms with Crippen molar-refractivity contribution in [3.63, 3.8) is 0 Å². The van der Waals surface area contributed by atoms with Gasteiger partial charge in [-0.05, 0) is 59.7 Å². The molecule has 2 amide bonds. The molecule has 0 saturated heterocycles. The van der Waals surface area contributed by atoms with Crippen LogP contribution < -0.4 is 9.47 Å². The maximum absolute atomic E-state index is 14.3. The van der Waals surface area contributed by atoms with Crippen molar-refractivity contribution in [2.24, 2.45) is 23.7 Å². The largest absolute Gasteiger partial charge is 0.481 e. The zero-order valence-electron chi connectivity index (χ0n) is 29.0. The zero-order valence-corrected chi connectivity index (χ0v) is 29.0. The highest BCUT2D eigenvalue weighted by Crippen LogP contribution is 2.49. The molecule has 1 saturated carbocycles. The number of methoxy groups -OCH3 is 2. The number of carboxylic acid groups (broad SMARTS) is 2. The van der Waals surface area contributed by atoms with E-state index in [1.165, 1.54) is 24.0 Å². The van der Waals surface area contributed by atoms with Crippen LogP contribution in [0.4, 0.5) is 0 Å². The minimum atomic E-state index is -1.61. The predicted molar refractivity (Wildman–Crippen MR) is 190 cm³/mol. The van der Waals surface area contributed by atoms with Gasteiger partial charge in [0.25, 0.3) is 0 Å². The van der Waals surface area contributed by atoms with E-state index in [1.54, 1.807) is 48.5 Å². The summed E-state index contributed by atoms with van der Waals surface area (Å²) in [6, 6.07) is 32.7. The Hall–Kier alpha value is -5.72. The van der Waals surface area contributed by atoms with Gasteiger partial charge in [-0.2, -0.15) is 0 Å². The summed E-state index contributed by atoms with van der Waals surface area (Å²) in [7, 11) is 2.95. The molecule has 4 atom stereocenters. The fraction of sp³-hybridized carbons (Fsp3) is 0.300. The molecule has 2 N–H and O–H groups in total. The molecule has 0 aromatic heterocycles. The van der Waals surface area contributed by atoms with E-state index in [0.717, 1.165) is 11.1 Å². The Balaban J connectivity index is 1.37. The molecule has 0 spiro atoms. The molecule has 5 rings (SSSR count). The number of carbonyl (C=O) groups excluding carboxylic acids is 2. The van der Waals surface area contributed by atoms with Crippen LogP contribution in [0.5, 0.6) is 23.0 Å². The fourth-order valence-electron chi connectivity index (χ4n) is 6.35. The van der Waals surface area contributed by atoms with Gasteiger partial charge in [0.15, 0.2) is 0 Å². The molecule has 1 fully saturated rings. The molecule has 1 aliphatic rings. The number of nitrogens with zero attached hydrogens (tertiary/aromatic N) is 2. The number of carbonyl (C=O) groups is 4. The van der Waals surface area contributed by atoms with Gasteiger partial charge in [-0.15, -0.1) is 0 Å². The van der Waals surface area contributed by atoms with E-state index in [-0.39, 0.29) is 39.4 Å². The molecular weight excluding hydrogens is 668 g/mol. The summed E-state index contributed by atoms with van der Waals surface area (Å²) < 4.78 is 22.3. The van der Waals surface area contributed by atoms with Crippen LogP contribution >= 0.6 is 0 Å². The van der Waals surface area contributed by atoms with Crippen molar-refractivity contribution in [2.75, 3.05) is 40.5 Å². The number of aliphatic carboxylic acids is 2. The van der Waals surface area contributed by atoms with E-state index >= 15 is 0 Å². The summed E-state index contributed by atoms with van der Waals surface area (Å²) in [5.41, 5.74) is 1.44. The highest BCUT2D eigenvalue weighted by molar-refractivity contribution is 5.99. The lowest BCUT2D eigenvalue weighted by atomic mass is 9.55. The molecule has 4 aromatic rings. The number of amides is 2. The molecule has 272 valence electrons. The third kappa shape index (κ3) is 9.33. The summed E-state index contributed by atoms with van der Waals surface area (Å²) in [4.78, 5) is 56.5. The Labute approximate surface area is 302 Å². The molecule has 4 aromatic carbocycles. The molecule has 12 nitrogen and oxygen atoms in total. The SMILES string of the molecule is COCCN(Cc1ccc(Oc2ccccc2)cc1)C(=O)[C@H]1[C@@H](C(=O)O)[C@H](C(=O)O)[C@@H]1C(=O)N(CCOC)Cc1ccc(Oc2ccccc2)cc1. The van der Waals surface area contributed by atoms with Gasteiger partial charge in [0, 0.05) is 40.4 Å². The van der Waals surface area contributed by atoms with Gasteiger partial charge in [0.05, 0.1) is 36.9 Å². The lowest BCUT2D eigenvalue weighted by Crippen LogP contribution is -2.64. The van der Waals surface area contributed by atoms with E-state index in [2.05, 4.69) is 0 Å². The van der Waals surface area contributed by atoms with Crippen molar-refractivity contribution in [1.82, 2.24) is 9.80 Å². The Morgan fingerprint density at radius 3 is 1.13 bits per heavy atom. The fourth-order valence-corrected chi connectivity index (χ4v) is 6.35. The van der Waals surface area contributed by atoms with Crippen LogP contribution in [0.2, 0.25) is 0 Å². The highest BCUT2D eigenvalue weighted by Gasteiger charge is 2.64. The summed E-state index contributed by atoms with van der Waals surface area (Å²) >= 11 is 0. The smallest absolute Gasteiger partial charge is 0.308 e. The molecule has 1 aliphatic carbocycles. The number of hydrogen-bond donors (Lipinski definition) is 2. The van der Waals surface area contributed by atoms with Crippen LogP contribution in [0.15, 0.2) is 109 Å². The lowest BCUT2D eigenvalue weighted by molar-refractivity contribution is -0.188. The molecule has 0 aliphatic heterocycles. The molecule has 0 unspecified atom stereocenters. The van der Waals surface area contributed by atoms with Gasteiger partial charge in [0.2, 0.25) is 11.8 Å². The Bertz CT molecular complexity index is 1650. The van der Waals surface area contributed by atoms with Crippen molar-refractivity contribution in [3.8, 4) is 23.0 Å². The summed E-state index contributed by atoms with van der Waals surface area (Å²) in [6.07, 6.45) is 0. The Morgan fingerprint density at radius 1 is 0.500 bits per heavy atom. The summed E-state index contributed by atoms with van der Waals surface area (Å²) in [5, 5.41) is 20.4. The van der Waals surface area contributed by atoms with Gasteiger partial charge >= 0.3 is 11.9 Å². The van der Waals surface area contributed by atoms with Gasteiger partial charge in [-0.1, -0.05) is 60.7 Å². The summed E-state index contributed by atoms with van der Waals surface area (Å²) in [6.45, 7) is 0.584. The van der Waals surface area contributed by atoms with Crippen molar-refractivity contribution in [1.29, 1.82) is 0 Å². The van der Waals surface area contributed by atoms with Crippen molar-refractivity contribution < 1.29 is 48.3 Å². The van der Waals surface area contributed by atoms with Crippen LogP contribution in [-0.4, -0.2) is 84.3 Å². The van der Waals surface area contributed by atoms with Gasteiger partial charge < -0.3 is 39.0 Å². The van der Waals surface area contributed by atoms with Gasteiger partial charge in [0.1, 0.15) is 23.0 Å². The van der Waals surface area contributed by atoms with Gasteiger partial charge in [-0.3, -0.25) is 19.2 Å². The monoisotopic (exact) mass is 710 g/mol. The van der Waals surface area contributed by atoms with Crippen LogP contribution in [0, 0.1) is 23.7 Å². The summed E-state index contributed by atoms with van der Waals surface area (Å²) in [5.74, 6) is -7.76. The molecular formula is C40H42N2O10. The Kier molecular flexibility index (Phi) is 13.0. The predicted octanol–water partition coefficient (Wildman–Crippen LogP) is 5.57. The quantitative estimate of drug-likeness (QED) is 0.134. The number of benzene rings is 4. The van der Waals surface area contributed by atoms with Crippen LogP contribution in [0.1, 0.15) is 11.1 Å². The zero-order chi connectivity index (χ0) is 37.0. The number of hydrogen-bond acceptors (Lipinski definition) is 8. The van der Waals surface area contributed by atoms with Crippen molar-refractivity contribution >= 4 is 23.8 Å². The third-order valence-electron chi connectivity index (χ3n) is 8.99. The average molecular weight is 711 g/mol. The molecule has 0 radical (unpaired) electrons. The van der Waals surface area contributed by atoms with E-state index in [0.29, 0.717) is 23.0 Å². The van der Waals surface area contributed by atoms with Crippen LogP contribution in [0.25, 0.3) is 0 Å². The van der Waals surface area contributed by atoms with E-state index < -0.39 is 47.4 Å². The standard InChI is InChI=1S/C40H42N2O10/c1-49-23-21-41(25-27-13-17-31(18-14-27)51-29-9-5-3-6-10-29)37(43)33-34(36(40(47)48)35(33)39(45)46)38(44)42(22-24-50-2)26-28-15-19-32(20-16-28)52-30-11-7-4-8-12-30/h3-20,33-36H,21-26H2,1-2H3,(H,45,46)(H,47,48)/t33-,34-,35-,36-/m1/s1. The van der Waals surface area contributed by atoms with Crippen molar-refractivity contribution in [3.05, 3.63) is 120 Å². The topological polar surface area (TPSA) is 152 Å². The molecule has 52 heavy (non-hydrogen) atoms. The molecule has 0 heterocycles. The van der Waals surface area contributed by atoms with Gasteiger partial charge in [-0.25, -0.2) is 0 Å². The number of para-hydroxylation sites is 2. The normalized spacial score (nSPS) is 17.7. The molecule has 12 heteroatoms. The van der Waals surface area contributed by atoms with Crippen LogP contribution in [0.3, 0.4) is 0 Å². The van der Waals surface area contributed by atoms with E-state index in [4.69, 9.17) is 18.9 Å². The average Bonchev–Trinajstić information content (AvgIpc) is 3.13. The second kappa shape index (κ2) is 18.0. The van der Waals surface area contributed by atoms with E-state index in [1.807, 2.05) is 60.7 Å². The molecule has 0 bridgehead atoms. The first-order chi connectivity index (χ1) is 25.2. The third-order valence-corrected chi connectivity index (χ3v) is 8.99. The Morgan fingerprint density at radius 2 is 0.827 bits per heavy atom. The first-order valence-electron chi connectivity index (χ1n) is 16.8. The first-order valence-corrected chi connectivity index (χ1v) is 16.8.